The number of Topliss-reactive ketones (excluding diaryl/α,β-unsaturated/α-hetero) is 1. The van der Waals surface area contributed by atoms with Crippen LogP contribution in [0.25, 0.3) is 10.9 Å². The van der Waals surface area contributed by atoms with Gasteiger partial charge in [-0.25, -0.2) is 0 Å². The first-order valence-corrected chi connectivity index (χ1v) is 10.9. The predicted octanol–water partition coefficient (Wildman–Crippen LogP) is 3.35. The number of hydrogen-bond acceptors (Lipinski definition) is 5. The monoisotopic (exact) mass is 448 g/mol. The molecule has 1 amide bonds. The first-order chi connectivity index (χ1) is 15.8. The predicted molar refractivity (Wildman–Crippen MR) is 125 cm³/mol. The van der Waals surface area contributed by atoms with Gasteiger partial charge in [0.15, 0.2) is 5.78 Å². The first kappa shape index (κ1) is 23.8. The van der Waals surface area contributed by atoms with Gasteiger partial charge in [-0.15, -0.1) is 0 Å². The highest BCUT2D eigenvalue weighted by Gasteiger charge is 2.27. The third-order valence-corrected chi connectivity index (χ3v) is 5.50. The van der Waals surface area contributed by atoms with E-state index in [2.05, 4.69) is 15.3 Å². The zero-order chi connectivity index (χ0) is 24.0. The number of nitriles is 1. The zero-order valence-corrected chi connectivity index (χ0v) is 19.0. The Hall–Kier alpha value is -3.86. The number of rotatable bonds is 10. The first-order valence-electron chi connectivity index (χ1n) is 10.9. The molecule has 0 aliphatic carbocycles. The topological polar surface area (TPSA) is 128 Å². The van der Waals surface area contributed by atoms with Crippen molar-refractivity contribution in [3.63, 3.8) is 0 Å². The Labute approximate surface area is 192 Å². The van der Waals surface area contributed by atoms with E-state index < -0.39 is 12.0 Å². The molecule has 33 heavy (non-hydrogen) atoms. The standard InChI is InChI=1S/C25H28N4O4/c1-15(2)10-17(25(32)28-18(14-26)11-16-6-5-9-27-24(16)31)12-22(30)21-13-19-20(29-21)7-4-8-23(19)33-3/h4-9,13,15,17-18,29H,10-12H2,1-3H3,(H,27,31)(H,28,32)/t17-,18+/m1/s1. The molecule has 8 heteroatoms. The van der Waals surface area contributed by atoms with Gasteiger partial charge in [0.05, 0.1) is 18.9 Å². The van der Waals surface area contributed by atoms with Gasteiger partial charge in [-0.3, -0.25) is 14.4 Å². The van der Waals surface area contributed by atoms with E-state index in [0.717, 1.165) is 10.9 Å². The van der Waals surface area contributed by atoms with Crippen molar-refractivity contribution in [2.45, 2.75) is 39.2 Å². The van der Waals surface area contributed by atoms with Gasteiger partial charge < -0.3 is 20.0 Å². The Morgan fingerprint density at radius 1 is 1.21 bits per heavy atom. The van der Waals surface area contributed by atoms with Crippen LogP contribution in [0.4, 0.5) is 0 Å². The number of hydrogen-bond donors (Lipinski definition) is 3. The Morgan fingerprint density at radius 2 is 2.00 bits per heavy atom. The molecule has 8 nitrogen and oxygen atoms in total. The molecule has 0 spiro atoms. The molecular weight excluding hydrogens is 420 g/mol. The van der Waals surface area contributed by atoms with Crippen LogP contribution in [0.5, 0.6) is 5.75 Å². The second kappa shape index (κ2) is 10.6. The third-order valence-electron chi connectivity index (χ3n) is 5.50. The third kappa shape index (κ3) is 5.89. The van der Waals surface area contributed by atoms with E-state index in [1.165, 1.54) is 6.20 Å². The number of benzene rings is 1. The lowest BCUT2D eigenvalue weighted by atomic mass is 9.90. The molecule has 0 fully saturated rings. The van der Waals surface area contributed by atoms with Crippen LogP contribution in [0.15, 0.2) is 47.4 Å². The van der Waals surface area contributed by atoms with Crippen molar-refractivity contribution >= 4 is 22.6 Å². The summed E-state index contributed by atoms with van der Waals surface area (Å²) in [6, 6.07) is 11.7. The zero-order valence-electron chi connectivity index (χ0n) is 19.0. The number of fused-ring (bicyclic) bond motifs is 1. The molecule has 2 heterocycles. The lowest BCUT2D eigenvalue weighted by molar-refractivity contribution is -0.125. The normalized spacial score (nSPS) is 12.8. The van der Waals surface area contributed by atoms with Crippen molar-refractivity contribution in [1.29, 1.82) is 5.26 Å². The van der Waals surface area contributed by atoms with Crippen LogP contribution >= 0.6 is 0 Å². The average molecular weight is 449 g/mol. The molecule has 3 N–H and O–H groups in total. The summed E-state index contributed by atoms with van der Waals surface area (Å²) < 4.78 is 5.36. The summed E-state index contributed by atoms with van der Waals surface area (Å²) >= 11 is 0. The van der Waals surface area contributed by atoms with Gasteiger partial charge in [0.1, 0.15) is 11.8 Å². The van der Waals surface area contributed by atoms with Gasteiger partial charge in [-0.1, -0.05) is 26.0 Å². The minimum atomic E-state index is -0.872. The molecular formula is C25H28N4O4. The molecule has 0 bridgehead atoms. The molecule has 2 aromatic heterocycles. The van der Waals surface area contributed by atoms with E-state index in [1.54, 1.807) is 25.3 Å². The van der Waals surface area contributed by atoms with E-state index in [0.29, 0.717) is 23.4 Å². The maximum absolute atomic E-state index is 13.0. The van der Waals surface area contributed by atoms with Crippen LogP contribution in [0.3, 0.4) is 0 Å². The fourth-order valence-corrected chi connectivity index (χ4v) is 3.90. The maximum Gasteiger partial charge on any atom is 0.251 e. The van der Waals surface area contributed by atoms with Crippen molar-refractivity contribution in [2.75, 3.05) is 7.11 Å². The van der Waals surface area contributed by atoms with Gasteiger partial charge in [-0.05, 0) is 36.6 Å². The van der Waals surface area contributed by atoms with E-state index in [-0.39, 0.29) is 36.0 Å². The number of ketones is 1. The van der Waals surface area contributed by atoms with Crippen molar-refractivity contribution in [1.82, 2.24) is 15.3 Å². The van der Waals surface area contributed by atoms with Gasteiger partial charge in [0.25, 0.3) is 5.56 Å². The summed E-state index contributed by atoms with van der Waals surface area (Å²) in [6.45, 7) is 3.95. The molecule has 0 aliphatic rings. The number of ether oxygens (including phenoxy) is 1. The summed E-state index contributed by atoms with van der Waals surface area (Å²) in [7, 11) is 1.57. The summed E-state index contributed by atoms with van der Waals surface area (Å²) in [5.74, 6) is -0.330. The fourth-order valence-electron chi connectivity index (χ4n) is 3.90. The number of H-pyrrole nitrogens is 2. The minimum absolute atomic E-state index is 0.00319. The number of carbonyl (C=O) groups is 2. The van der Waals surface area contributed by atoms with Crippen LogP contribution in [0.1, 0.15) is 42.7 Å². The molecule has 0 saturated carbocycles. The lowest BCUT2D eigenvalue weighted by Gasteiger charge is -2.20. The van der Waals surface area contributed by atoms with Gasteiger partial charge in [-0.2, -0.15) is 5.26 Å². The average Bonchev–Trinajstić information content (AvgIpc) is 3.24. The van der Waals surface area contributed by atoms with Crippen molar-refractivity contribution in [3.8, 4) is 11.8 Å². The Morgan fingerprint density at radius 3 is 2.67 bits per heavy atom. The number of pyridine rings is 1. The van der Waals surface area contributed by atoms with Gasteiger partial charge >= 0.3 is 0 Å². The summed E-state index contributed by atoms with van der Waals surface area (Å²) in [6.07, 6.45) is 2.09. The van der Waals surface area contributed by atoms with Crippen LogP contribution < -0.4 is 15.6 Å². The highest BCUT2D eigenvalue weighted by Crippen LogP contribution is 2.27. The number of methoxy groups -OCH3 is 1. The van der Waals surface area contributed by atoms with Crippen LogP contribution in [-0.2, 0) is 11.2 Å². The second-order valence-electron chi connectivity index (χ2n) is 8.48. The number of amides is 1. The molecule has 172 valence electrons. The second-order valence-corrected chi connectivity index (χ2v) is 8.48. The Bertz CT molecular complexity index is 1230. The summed E-state index contributed by atoms with van der Waals surface area (Å²) in [5, 5.41) is 13.0. The Kier molecular flexibility index (Phi) is 7.67. The molecule has 2 atom stereocenters. The molecule has 0 saturated heterocycles. The smallest absolute Gasteiger partial charge is 0.251 e. The van der Waals surface area contributed by atoms with Crippen molar-refractivity contribution < 1.29 is 14.3 Å². The summed E-state index contributed by atoms with van der Waals surface area (Å²) in [5.41, 5.74) is 1.30. The van der Waals surface area contributed by atoms with E-state index in [4.69, 9.17) is 4.74 Å². The van der Waals surface area contributed by atoms with Gasteiger partial charge in [0, 0.05) is 41.4 Å². The van der Waals surface area contributed by atoms with Crippen LogP contribution in [0, 0.1) is 23.2 Å². The molecule has 1 aromatic carbocycles. The quantitative estimate of drug-likeness (QED) is 0.410. The van der Waals surface area contributed by atoms with Crippen LogP contribution in [-0.4, -0.2) is 34.8 Å². The largest absolute Gasteiger partial charge is 0.496 e. The van der Waals surface area contributed by atoms with Crippen molar-refractivity contribution in [2.24, 2.45) is 11.8 Å². The van der Waals surface area contributed by atoms with E-state index >= 15 is 0 Å². The lowest BCUT2D eigenvalue weighted by Crippen LogP contribution is -2.41. The number of nitrogens with one attached hydrogen (secondary N) is 3. The SMILES string of the molecule is COc1cccc2[nH]c(C(=O)C[C@@H](CC(C)C)C(=O)N[C@H](C#N)Cc3ccc[nH]c3=O)cc12. The minimum Gasteiger partial charge on any atom is -0.496 e. The van der Waals surface area contributed by atoms with Gasteiger partial charge in [0.2, 0.25) is 5.91 Å². The number of nitrogens with zero attached hydrogens (tertiary/aromatic N) is 1. The fraction of sp³-hybridized carbons (Fsp3) is 0.360. The van der Waals surface area contributed by atoms with E-state index in [9.17, 15) is 19.6 Å². The molecule has 3 rings (SSSR count). The Balaban J connectivity index is 1.75. The number of aromatic amines is 2. The number of carbonyl (C=O) groups excluding carboxylic acids is 2. The highest BCUT2D eigenvalue weighted by molar-refractivity contribution is 6.02. The van der Waals surface area contributed by atoms with Crippen LogP contribution in [0.2, 0.25) is 0 Å². The highest BCUT2D eigenvalue weighted by atomic mass is 16.5. The molecule has 0 aliphatic heterocycles. The van der Waals surface area contributed by atoms with Crippen molar-refractivity contribution in [3.05, 3.63) is 64.2 Å². The summed E-state index contributed by atoms with van der Waals surface area (Å²) in [4.78, 5) is 43.7. The number of aromatic nitrogens is 2. The molecule has 0 radical (unpaired) electrons. The van der Waals surface area contributed by atoms with E-state index in [1.807, 2.05) is 38.1 Å². The molecule has 0 unspecified atom stereocenters. The molecule has 3 aromatic rings. The maximum atomic E-state index is 13.0.